The molecule has 0 N–H and O–H groups in total. The standard InChI is InChI=1S/C15H11BrF2N2/c1-2-20(12-6-4-11(17)5-7-12)13-8-3-10(9-19)14(16)15(13)18/h3-8H,2H2,1H3. The van der Waals surface area contributed by atoms with E-state index in [4.69, 9.17) is 5.26 Å². The van der Waals surface area contributed by atoms with Gasteiger partial charge in [0.2, 0.25) is 0 Å². The van der Waals surface area contributed by atoms with Crippen LogP contribution >= 0.6 is 15.9 Å². The van der Waals surface area contributed by atoms with Crippen molar-refractivity contribution in [3.05, 3.63) is 58.1 Å². The highest BCUT2D eigenvalue weighted by Gasteiger charge is 2.17. The van der Waals surface area contributed by atoms with Crippen molar-refractivity contribution in [3.63, 3.8) is 0 Å². The molecule has 2 aromatic carbocycles. The number of halogens is 3. The van der Waals surface area contributed by atoms with Gasteiger partial charge in [0.25, 0.3) is 0 Å². The number of nitriles is 1. The lowest BCUT2D eigenvalue weighted by atomic mass is 10.1. The topological polar surface area (TPSA) is 27.0 Å². The molecule has 0 unspecified atom stereocenters. The molecule has 2 nitrogen and oxygen atoms in total. The molecule has 0 spiro atoms. The highest BCUT2D eigenvalue weighted by molar-refractivity contribution is 9.10. The number of nitrogens with zero attached hydrogens (tertiary/aromatic N) is 2. The number of rotatable bonds is 3. The van der Waals surface area contributed by atoms with Crippen LogP contribution in [0.25, 0.3) is 0 Å². The molecular weight excluding hydrogens is 326 g/mol. The van der Waals surface area contributed by atoms with Crippen LogP contribution < -0.4 is 4.90 Å². The zero-order chi connectivity index (χ0) is 14.7. The Balaban J connectivity index is 2.50. The number of hydrogen-bond donors (Lipinski definition) is 0. The molecule has 0 aromatic heterocycles. The molecule has 5 heteroatoms. The number of benzene rings is 2. The molecular formula is C15H11BrF2N2. The van der Waals surface area contributed by atoms with Crippen LogP contribution in [-0.4, -0.2) is 6.54 Å². The first-order valence-corrected chi connectivity index (χ1v) is 6.79. The van der Waals surface area contributed by atoms with Gasteiger partial charge in [-0.3, -0.25) is 0 Å². The molecule has 0 aliphatic heterocycles. The fourth-order valence-corrected chi connectivity index (χ4v) is 2.37. The minimum atomic E-state index is -0.504. The lowest BCUT2D eigenvalue weighted by Gasteiger charge is -2.24. The average molecular weight is 337 g/mol. The predicted molar refractivity (Wildman–Crippen MR) is 77.9 cm³/mol. The van der Waals surface area contributed by atoms with E-state index in [1.54, 1.807) is 29.2 Å². The summed E-state index contributed by atoms with van der Waals surface area (Å²) in [6.07, 6.45) is 0. The Morgan fingerprint density at radius 2 is 1.80 bits per heavy atom. The summed E-state index contributed by atoms with van der Waals surface area (Å²) in [6, 6.07) is 10.8. The monoisotopic (exact) mass is 336 g/mol. The zero-order valence-corrected chi connectivity index (χ0v) is 12.3. The van der Waals surface area contributed by atoms with Gasteiger partial charge in [0.1, 0.15) is 11.9 Å². The molecule has 2 rings (SSSR count). The van der Waals surface area contributed by atoms with Crippen molar-refractivity contribution < 1.29 is 8.78 Å². The molecule has 0 saturated heterocycles. The predicted octanol–water partition coefficient (Wildman–Crippen LogP) is 4.76. The van der Waals surface area contributed by atoms with Crippen LogP contribution in [0, 0.1) is 23.0 Å². The highest BCUT2D eigenvalue weighted by atomic mass is 79.9. The van der Waals surface area contributed by atoms with Gasteiger partial charge in [-0.25, -0.2) is 8.78 Å². The maximum Gasteiger partial charge on any atom is 0.162 e. The molecule has 102 valence electrons. The number of anilines is 2. The maximum atomic E-state index is 14.3. The fraction of sp³-hybridized carbons (Fsp3) is 0.133. The first-order chi connectivity index (χ1) is 9.58. The molecule has 0 saturated carbocycles. The van der Waals surface area contributed by atoms with Gasteiger partial charge in [-0.1, -0.05) is 0 Å². The summed E-state index contributed by atoms with van der Waals surface area (Å²) in [4.78, 5) is 1.71. The molecule has 0 amide bonds. The Bertz CT molecular complexity index is 663. The van der Waals surface area contributed by atoms with Crippen molar-refractivity contribution in [1.29, 1.82) is 5.26 Å². The second-order valence-corrected chi connectivity index (χ2v) is 4.89. The third-order valence-corrected chi connectivity index (χ3v) is 3.70. The van der Waals surface area contributed by atoms with Crippen LogP contribution in [-0.2, 0) is 0 Å². The molecule has 0 heterocycles. The van der Waals surface area contributed by atoms with Gasteiger partial charge >= 0.3 is 0 Å². The van der Waals surface area contributed by atoms with Crippen LogP contribution in [0.4, 0.5) is 20.2 Å². The Morgan fingerprint density at radius 1 is 1.15 bits per heavy atom. The summed E-state index contributed by atoms with van der Waals surface area (Å²) in [5, 5.41) is 8.88. The normalized spacial score (nSPS) is 10.2. The lowest BCUT2D eigenvalue weighted by molar-refractivity contribution is 0.618. The SMILES string of the molecule is CCN(c1ccc(F)cc1)c1ccc(C#N)c(Br)c1F. The van der Waals surface area contributed by atoms with Crippen molar-refractivity contribution in [2.75, 3.05) is 11.4 Å². The molecule has 0 aliphatic rings. The molecule has 0 fully saturated rings. The third-order valence-electron chi connectivity index (χ3n) is 2.93. The summed E-state index contributed by atoms with van der Waals surface area (Å²) < 4.78 is 27.4. The van der Waals surface area contributed by atoms with E-state index in [2.05, 4.69) is 15.9 Å². The van der Waals surface area contributed by atoms with Crippen LogP contribution in [0.1, 0.15) is 12.5 Å². The molecule has 20 heavy (non-hydrogen) atoms. The fourth-order valence-electron chi connectivity index (χ4n) is 1.95. The van der Waals surface area contributed by atoms with E-state index in [-0.39, 0.29) is 15.9 Å². The third kappa shape index (κ3) is 2.66. The first-order valence-electron chi connectivity index (χ1n) is 5.99. The summed E-state index contributed by atoms with van der Waals surface area (Å²) in [7, 11) is 0. The maximum absolute atomic E-state index is 14.3. The zero-order valence-electron chi connectivity index (χ0n) is 10.7. The van der Waals surface area contributed by atoms with Gasteiger partial charge in [-0.05, 0) is 59.3 Å². The van der Waals surface area contributed by atoms with E-state index in [0.29, 0.717) is 17.9 Å². The van der Waals surface area contributed by atoms with Gasteiger partial charge < -0.3 is 4.90 Å². The average Bonchev–Trinajstić information content (AvgIpc) is 2.46. The van der Waals surface area contributed by atoms with E-state index < -0.39 is 5.82 Å². The Kier molecular flexibility index (Phi) is 4.35. The molecule has 0 bridgehead atoms. The minimum absolute atomic E-state index is 0.137. The van der Waals surface area contributed by atoms with Gasteiger partial charge in [0, 0.05) is 12.2 Å². The summed E-state index contributed by atoms with van der Waals surface area (Å²) in [5.41, 5.74) is 1.26. The van der Waals surface area contributed by atoms with E-state index in [0.717, 1.165) is 0 Å². The van der Waals surface area contributed by atoms with Gasteiger partial charge in [-0.2, -0.15) is 5.26 Å². The highest BCUT2D eigenvalue weighted by Crippen LogP contribution is 2.33. The molecule has 0 atom stereocenters. The van der Waals surface area contributed by atoms with Crippen molar-refractivity contribution in [1.82, 2.24) is 0 Å². The Hall–Kier alpha value is -1.93. The van der Waals surface area contributed by atoms with Crippen molar-refractivity contribution in [3.8, 4) is 6.07 Å². The van der Waals surface area contributed by atoms with Crippen molar-refractivity contribution in [2.24, 2.45) is 0 Å². The van der Waals surface area contributed by atoms with E-state index in [1.807, 2.05) is 13.0 Å². The lowest BCUT2D eigenvalue weighted by Crippen LogP contribution is -2.17. The van der Waals surface area contributed by atoms with Crippen LogP contribution in [0.2, 0.25) is 0 Å². The van der Waals surface area contributed by atoms with Crippen LogP contribution in [0.15, 0.2) is 40.9 Å². The van der Waals surface area contributed by atoms with Crippen molar-refractivity contribution in [2.45, 2.75) is 6.92 Å². The first kappa shape index (κ1) is 14.5. The van der Waals surface area contributed by atoms with Crippen LogP contribution in [0.3, 0.4) is 0 Å². The van der Waals surface area contributed by atoms with Gasteiger partial charge in [0.15, 0.2) is 5.82 Å². The Labute approximate surface area is 124 Å². The molecule has 0 radical (unpaired) electrons. The Morgan fingerprint density at radius 3 is 2.35 bits per heavy atom. The second-order valence-electron chi connectivity index (χ2n) is 4.09. The number of hydrogen-bond acceptors (Lipinski definition) is 2. The van der Waals surface area contributed by atoms with E-state index in [9.17, 15) is 8.78 Å². The summed E-state index contributed by atoms with van der Waals surface area (Å²) >= 11 is 3.09. The quantitative estimate of drug-likeness (QED) is 0.808. The molecule has 2 aromatic rings. The largest absolute Gasteiger partial charge is 0.339 e. The van der Waals surface area contributed by atoms with E-state index >= 15 is 0 Å². The molecule has 0 aliphatic carbocycles. The van der Waals surface area contributed by atoms with Crippen LogP contribution in [0.5, 0.6) is 0 Å². The van der Waals surface area contributed by atoms with Gasteiger partial charge in [-0.15, -0.1) is 0 Å². The summed E-state index contributed by atoms with van der Waals surface area (Å²) in [6.45, 7) is 2.38. The smallest absolute Gasteiger partial charge is 0.162 e. The summed E-state index contributed by atoms with van der Waals surface area (Å²) in [5.74, 6) is -0.846. The van der Waals surface area contributed by atoms with E-state index in [1.165, 1.54) is 12.1 Å². The minimum Gasteiger partial charge on any atom is -0.339 e. The second kappa shape index (κ2) is 6.02. The van der Waals surface area contributed by atoms with Gasteiger partial charge in [0.05, 0.1) is 15.7 Å². The van der Waals surface area contributed by atoms with Crippen molar-refractivity contribution >= 4 is 27.3 Å².